The summed E-state index contributed by atoms with van der Waals surface area (Å²) >= 11 is 0. The van der Waals surface area contributed by atoms with Crippen LogP contribution in [-0.4, -0.2) is 33.2 Å². The molecular formula is C11H17N3O4. The molecule has 1 amide bonds. The normalized spacial score (nSPS) is 12.4. The Morgan fingerprint density at radius 2 is 2.17 bits per heavy atom. The summed E-state index contributed by atoms with van der Waals surface area (Å²) in [6.07, 6.45) is 1.25. The first-order valence-corrected chi connectivity index (χ1v) is 5.64. The zero-order valence-corrected chi connectivity index (χ0v) is 10.3. The van der Waals surface area contributed by atoms with E-state index in [-0.39, 0.29) is 25.1 Å². The fourth-order valence-corrected chi connectivity index (χ4v) is 1.40. The van der Waals surface area contributed by atoms with Crippen LogP contribution in [0.3, 0.4) is 0 Å². The third-order valence-electron chi connectivity index (χ3n) is 2.56. The number of aliphatic hydroxyl groups is 1. The molecule has 0 aliphatic carbocycles. The molecule has 3 N–H and O–H groups in total. The molecular weight excluding hydrogens is 238 g/mol. The Kier molecular flexibility index (Phi) is 4.85. The Morgan fingerprint density at radius 1 is 1.50 bits per heavy atom. The van der Waals surface area contributed by atoms with E-state index in [1.54, 1.807) is 0 Å². The maximum absolute atomic E-state index is 11.6. The van der Waals surface area contributed by atoms with Gasteiger partial charge in [-0.15, -0.1) is 0 Å². The minimum atomic E-state index is -0.636. The average Bonchev–Trinajstić information content (AvgIpc) is 2.29. The molecule has 0 unspecified atom stereocenters. The van der Waals surface area contributed by atoms with Gasteiger partial charge >= 0.3 is 5.69 Å². The molecule has 7 nitrogen and oxygen atoms in total. The summed E-state index contributed by atoms with van der Waals surface area (Å²) in [6, 6.07) is 0.816. The lowest BCUT2D eigenvalue weighted by Crippen LogP contribution is -2.44. The van der Waals surface area contributed by atoms with Crippen molar-refractivity contribution < 1.29 is 9.90 Å². The lowest BCUT2D eigenvalue weighted by Gasteiger charge is -2.19. The molecule has 0 radical (unpaired) electrons. The van der Waals surface area contributed by atoms with Crippen molar-refractivity contribution in [1.82, 2.24) is 14.9 Å². The Labute approximate surface area is 103 Å². The second kappa shape index (κ2) is 6.15. The maximum Gasteiger partial charge on any atom is 0.328 e. The highest BCUT2D eigenvalue weighted by atomic mass is 16.3. The first-order chi connectivity index (χ1) is 8.43. The Hall–Kier alpha value is -1.89. The fourth-order valence-electron chi connectivity index (χ4n) is 1.40. The third kappa shape index (κ3) is 3.85. The Morgan fingerprint density at radius 3 is 2.67 bits per heavy atom. The van der Waals surface area contributed by atoms with E-state index in [0.29, 0.717) is 0 Å². The lowest BCUT2D eigenvalue weighted by atomic mass is 10.1. The van der Waals surface area contributed by atoms with Crippen LogP contribution in [-0.2, 0) is 11.3 Å². The molecule has 1 atom stereocenters. The van der Waals surface area contributed by atoms with Crippen molar-refractivity contribution in [2.24, 2.45) is 5.92 Å². The summed E-state index contributed by atoms with van der Waals surface area (Å²) < 4.78 is 1.09. The topological polar surface area (TPSA) is 104 Å². The number of nitrogens with zero attached hydrogens (tertiary/aromatic N) is 1. The van der Waals surface area contributed by atoms with Gasteiger partial charge in [-0.05, 0) is 5.92 Å². The molecule has 18 heavy (non-hydrogen) atoms. The number of nitrogens with one attached hydrogen (secondary N) is 2. The Bertz CT molecular complexity index is 518. The molecule has 0 fully saturated rings. The van der Waals surface area contributed by atoms with E-state index in [1.165, 1.54) is 12.3 Å². The number of aliphatic hydroxyl groups excluding tert-OH is 1. The van der Waals surface area contributed by atoms with E-state index >= 15 is 0 Å². The van der Waals surface area contributed by atoms with Gasteiger partial charge in [0.15, 0.2) is 0 Å². The van der Waals surface area contributed by atoms with Gasteiger partial charge in [0.1, 0.15) is 6.54 Å². The van der Waals surface area contributed by atoms with Crippen LogP contribution in [0, 0.1) is 5.92 Å². The number of amides is 1. The van der Waals surface area contributed by atoms with Gasteiger partial charge in [0, 0.05) is 12.3 Å². The van der Waals surface area contributed by atoms with Crippen LogP contribution in [0.4, 0.5) is 0 Å². The summed E-state index contributed by atoms with van der Waals surface area (Å²) in [4.78, 5) is 35.9. The molecule has 0 saturated heterocycles. The van der Waals surface area contributed by atoms with E-state index in [9.17, 15) is 14.4 Å². The summed E-state index contributed by atoms with van der Waals surface area (Å²) in [6.45, 7) is 3.38. The van der Waals surface area contributed by atoms with Crippen molar-refractivity contribution in [3.63, 3.8) is 0 Å². The molecule has 0 aliphatic heterocycles. The number of aromatic nitrogens is 2. The number of hydrogen-bond donors (Lipinski definition) is 3. The molecule has 0 aliphatic rings. The second-order valence-corrected chi connectivity index (χ2v) is 4.34. The first-order valence-electron chi connectivity index (χ1n) is 5.64. The molecule has 100 valence electrons. The van der Waals surface area contributed by atoms with Crippen molar-refractivity contribution in [3.8, 4) is 0 Å². The van der Waals surface area contributed by atoms with Crippen LogP contribution in [0.1, 0.15) is 13.8 Å². The van der Waals surface area contributed by atoms with E-state index < -0.39 is 17.2 Å². The van der Waals surface area contributed by atoms with Gasteiger partial charge in [0.2, 0.25) is 5.91 Å². The average molecular weight is 255 g/mol. The van der Waals surface area contributed by atoms with Crippen molar-refractivity contribution in [2.45, 2.75) is 26.4 Å². The van der Waals surface area contributed by atoms with E-state index in [4.69, 9.17) is 5.11 Å². The molecule has 0 saturated carbocycles. The van der Waals surface area contributed by atoms with Gasteiger partial charge in [0.25, 0.3) is 5.56 Å². The summed E-state index contributed by atoms with van der Waals surface area (Å²) in [5.74, 6) is -0.303. The number of H-pyrrole nitrogens is 1. The highest BCUT2D eigenvalue weighted by molar-refractivity contribution is 5.76. The van der Waals surface area contributed by atoms with Gasteiger partial charge in [-0.2, -0.15) is 0 Å². The summed E-state index contributed by atoms with van der Waals surface area (Å²) in [5, 5.41) is 11.7. The van der Waals surface area contributed by atoms with Crippen LogP contribution in [0.2, 0.25) is 0 Å². The van der Waals surface area contributed by atoms with Gasteiger partial charge < -0.3 is 10.4 Å². The number of aromatic amines is 1. The zero-order chi connectivity index (χ0) is 13.7. The number of hydrogen-bond acceptors (Lipinski definition) is 4. The smallest absolute Gasteiger partial charge is 0.328 e. The van der Waals surface area contributed by atoms with Crippen molar-refractivity contribution in [1.29, 1.82) is 0 Å². The van der Waals surface area contributed by atoms with E-state index in [0.717, 1.165) is 4.57 Å². The van der Waals surface area contributed by atoms with Crippen LogP contribution in [0.15, 0.2) is 21.9 Å². The van der Waals surface area contributed by atoms with Gasteiger partial charge in [-0.25, -0.2) is 4.79 Å². The van der Waals surface area contributed by atoms with Crippen molar-refractivity contribution in [2.75, 3.05) is 6.61 Å². The van der Waals surface area contributed by atoms with Crippen LogP contribution in [0.25, 0.3) is 0 Å². The Balaban J connectivity index is 2.70. The maximum atomic E-state index is 11.6. The largest absolute Gasteiger partial charge is 0.394 e. The van der Waals surface area contributed by atoms with Gasteiger partial charge in [-0.3, -0.25) is 19.1 Å². The number of carbonyl (C=O) groups is 1. The lowest BCUT2D eigenvalue weighted by molar-refractivity contribution is -0.123. The van der Waals surface area contributed by atoms with Crippen molar-refractivity contribution in [3.05, 3.63) is 33.1 Å². The molecule has 1 aromatic heterocycles. The fraction of sp³-hybridized carbons (Fsp3) is 0.545. The number of carbonyl (C=O) groups excluding carboxylic acids is 1. The zero-order valence-electron chi connectivity index (χ0n) is 10.3. The minimum Gasteiger partial charge on any atom is -0.394 e. The number of rotatable bonds is 5. The van der Waals surface area contributed by atoms with Crippen LogP contribution >= 0.6 is 0 Å². The summed E-state index contributed by atoms with van der Waals surface area (Å²) in [7, 11) is 0. The third-order valence-corrected chi connectivity index (χ3v) is 2.56. The molecule has 0 bridgehead atoms. The van der Waals surface area contributed by atoms with Crippen molar-refractivity contribution >= 4 is 5.91 Å². The minimum absolute atomic E-state index is 0.0891. The van der Waals surface area contributed by atoms with Gasteiger partial charge in [-0.1, -0.05) is 13.8 Å². The summed E-state index contributed by atoms with van der Waals surface area (Å²) in [5.41, 5.74) is -1.14. The molecule has 1 heterocycles. The molecule has 7 heteroatoms. The standard InChI is InChI=1S/C11H17N3O4/c1-7(2)8(6-15)12-10(17)5-14-4-3-9(16)13-11(14)18/h3-4,7-8,15H,5-6H2,1-2H3,(H,12,17)(H,13,16,18)/t8-/m1/s1. The first kappa shape index (κ1) is 14.2. The molecule has 1 aromatic rings. The predicted octanol–water partition coefficient (Wildman–Crippen LogP) is -1.33. The van der Waals surface area contributed by atoms with Crippen LogP contribution < -0.4 is 16.6 Å². The SMILES string of the molecule is CC(C)[C@@H](CO)NC(=O)Cn1ccc(=O)[nH]c1=O. The predicted molar refractivity (Wildman–Crippen MR) is 65.2 cm³/mol. The monoisotopic (exact) mass is 255 g/mol. The molecule has 1 rings (SSSR count). The van der Waals surface area contributed by atoms with Gasteiger partial charge in [0.05, 0.1) is 12.6 Å². The van der Waals surface area contributed by atoms with E-state index in [1.807, 2.05) is 13.8 Å². The van der Waals surface area contributed by atoms with E-state index in [2.05, 4.69) is 10.3 Å². The molecule has 0 aromatic carbocycles. The van der Waals surface area contributed by atoms with Crippen LogP contribution in [0.5, 0.6) is 0 Å². The second-order valence-electron chi connectivity index (χ2n) is 4.34. The molecule has 0 spiro atoms. The highest BCUT2D eigenvalue weighted by Gasteiger charge is 2.15. The highest BCUT2D eigenvalue weighted by Crippen LogP contribution is 1.99. The quantitative estimate of drug-likeness (QED) is 0.606.